The van der Waals surface area contributed by atoms with E-state index in [0.29, 0.717) is 0 Å². The van der Waals surface area contributed by atoms with E-state index in [1.165, 1.54) is 0 Å². The van der Waals surface area contributed by atoms with Gasteiger partial charge in [-0.05, 0) is 32.1 Å². The molecule has 1 saturated heterocycles. The molecule has 1 fully saturated rings. The second-order valence-electron chi connectivity index (χ2n) is 5.39. The van der Waals surface area contributed by atoms with Crippen LogP contribution in [0.15, 0.2) is 18.2 Å². The molecule has 1 N–H and O–H groups in total. The third-order valence-electron chi connectivity index (χ3n) is 3.90. The van der Waals surface area contributed by atoms with E-state index in [9.17, 15) is 0 Å². The van der Waals surface area contributed by atoms with Crippen molar-refractivity contribution < 1.29 is 9.47 Å². The number of halogens is 1. The van der Waals surface area contributed by atoms with Crippen LogP contribution in [0.1, 0.15) is 24.9 Å². The maximum atomic E-state index is 6.45. The molecule has 0 aliphatic carbocycles. The predicted molar refractivity (Wildman–Crippen MR) is 86.3 cm³/mol. The van der Waals surface area contributed by atoms with Gasteiger partial charge in [0, 0.05) is 23.7 Å². The topological polar surface area (TPSA) is 33.7 Å². The van der Waals surface area contributed by atoms with Crippen molar-refractivity contribution in [3.8, 4) is 5.75 Å². The maximum absolute atomic E-state index is 6.45. The summed E-state index contributed by atoms with van der Waals surface area (Å²) in [6, 6.07) is 5.89. The maximum Gasteiger partial charge on any atom is 0.125 e. The zero-order valence-corrected chi connectivity index (χ0v) is 13.8. The van der Waals surface area contributed by atoms with Crippen LogP contribution in [-0.2, 0) is 4.74 Å². The summed E-state index contributed by atoms with van der Waals surface area (Å²) in [5.41, 5.74) is 1.02. The summed E-state index contributed by atoms with van der Waals surface area (Å²) in [5, 5.41) is 4.18. The van der Waals surface area contributed by atoms with Crippen molar-refractivity contribution in [3.05, 3.63) is 28.8 Å². The Balaban J connectivity index is 2.27. The highest BCUT2D eigenvalue weighted by Crippen LogP contribution is 2.38. The smallest absolute Gasteiger partial charge is 0.125 e. The first-order chi connectivity index (χ1) is 10.2. The third-order valence-corrected chi connectivity index (χ3v) is 4.23. The second-order valence-corrected chi connectivity index (χ2v) is 5.80. The lowest BCUT2D eigenvalue weighted by molar-refractivity contribution is -0.0618. The molecule has 118 valence electrons. The monoisotopic (exact) mass is 312 g/mol. The van der Waals surface area contributed by atoms with Crippen LogP contribution in [0.4, 0.5) is 0 Å². The molecule has 2 unspecified atom stereocenters. The highest BCUT2D eigenvalue weighted by atomic mass is 35.5. The van der Waals surface area contributed by atoms with Crippen molar-refractivity contribution in [1.29, 1.82) is 0 Å². The lowest BCUT2D eigenvalue weighted by Gasteiger charge is -2.40. The average Bonchev–Trinajstić information content (AvgIpc) is 2.48. The van der Waals surface area contributed by atoms with Crippen LogP contribution in [0.3, 0.4) is 0 Å². The van der Waals surface area contributed by atoms with Crippen molar-refractivity contribution in [1.82, 2.24) is 10.2 Å². The number of benzene rings is 1. The lowest BCUT2D eigenvalue weighted by atomic mass is 9.97. The van der Waals surface area contributed by atoms with Gasteiger partial charge < -0.3 is 14.8 Å². The minimum absolute atomic E-state index is 0.0732. The largest absolute Gasteiger partial charge is 0.496 e. The fourth-order valence-corrected chi connectivity index (χ4v) is 3.12. The Bertz CT molecular complexity index is 456. The van der Waals surface area contributed by atoms with Crippen LogP contribution >= 0.6 is 11.6 Å². The van der Waals surface area contributed by atoms with Gasteiger partial charge in [-0.3, -0.25) is 4.90 Å². The van der Waals surface area contributed by atoms with Crippen LogP contribution in [0.5, 0.6) is 5.75 Å². The third kappa shape index (κ3) is 3.89. The molecular weight excluding hydrogens is 288 g/mol. The number of hydrogen-bond donors (Lipinski definition) is 1. The van der Waals surface area contributed by atoms with E-state index in [1.54, 1.807) is 7.11 Å². The molecule has 0 radical (unpaired) electrons. The molecule has 4 nitrogen and oxygen atoms in total. The molecule has 21 heavy (non-hydrogen) atoms. The Kier molecular flexibility index (Phi) is 6.30. The SMILES string of the molecule is CCCNCC1OCCN(C)C1c1c(Cl)cccc1OC. The minimum Gasteiger partial charge on any atom is -0.496 e. The van der Waals surface area contributed by atoms with Crippen molar-refractivity contribution >= 4 is 11.6 Å². The van der Waals surface area contributed by atoms with Crippen molar-refractivity contribution in [3.63, 3.8) is 0 Å². The second kappa shape index (κ2) is 7.99. The number of nitrogens with one attached hydrogen (secondary N) is 1. The Labute approximate surface area is 132 Å². The van der Waals surface area contributed by atoms with E-state index < -0.39 is 0 Å². The van der Waals surface area contributed by atoms with Crippen molar-refractivity contribution in [2.24, 2.45) is 0 Å². The van der Waals surface area contributed by atoms with Gasteiger partial charge in [-0.25, -0.2) is 0 Å². The number of hydrogen-bond acceptors (Lipinski definition) is 4. The normalized spacial score (nSPS) is 23.2. The van der Waals surface area contributed by atoms with Gasteiger partial charge in [0.25, 0.3) is 0 Å². The Morgan fingerprint density at radius 3 is 3.00 bits per heavy atom. The van der Waals surface area contributed by atoms with Crippen molar-refractivity contribution in [2.75, 3.05) is 40.4 Å². The molecule has 1 aliphatic heterocycles. The zero-order valence-electron chi connectivity index (χ0n) is 13.1. The van der Waals surface area contributed by atoms with Crippen LogP contribution < -0.4 is 10.1 Å². The molecule has 1 aliphatic rings. The number of methoxy groups -OCH3 is 1. The van der Waals surface area contributed by atoms with Gasteiger partial charge in [-0.2, -0.15) is 0 Å². The Morgan fingerprint density at radius 2 is 2.29 bits per heavy atom. The molecule has 0 aromatic heterocycles. The molecule has 1 aromatic carbocycles. The molecule has 1 heterocycles. The standard InChI is InChI=1S/C16H25ClN2O2/c1-4-8-18-11-14-16(19(2)9-10-21-14)15-12(17)6-5-7-13(15)20-3/h5-7,14,16,18H,4,8-11H2,1-3H3. The molecule has 2 atom stereocenters. The Morgan fingerprint density at radius 1 is 1.48 bits per heavy atom. The highest BCUT2D eigenvalue weighted by Gasteiger charge is 2.34. The number of ether oxygens (including phenoxy) is 2. The summed E-state index contributed by atoms with van der Waals surface area (Å²) in [7, 11) is 3.80. The van der Waals surface area contributed by atoms with E-state index in [1.807, 2.05) is 18.2 Å². The van der Waals surface area contributed by atoms with Crippen LogP contribution in [0.2, 0.25) is 5.02 Å². The molecule has 2 rings (SSSR count). The lowest BCUT2D eigenvalue weighted by Crippen LogP contribution is -2.47. The van der Waals surface area contributed by atoms with Gasteiger partial charge in [0.1, 0.15) is 5.75 Å². The Hall–Kier alpha value is -0.810. The number of likely N-dealkylation sites (N-methyl/N-ethyl adjacent to an activating group) is 1. The van der Waals surface area contributed by atoms with Gasteiger partial charge in [0.05, 0.1) is 25.9 Å². The molecule has 0 saturated carbocycles. The molecule has 0 spiro atoms. The summed E-state index contributed by atoms with van der Waals surface area (Å²) in [6.45, 7) is 5.62. The van der Waals surface area contributed by atoms with E-state index in [2.05, 4.69) is 24.2 Å². The minimum atomic E-state index is 0.0732. The summed E-state index contributed by atoms with van der Waals surface area (Å²) in [4.78, 5) is 2.30. The first-order valence-electron chi connectivity index (χ1n) is 7.54. The first-order valence-corrected chi connectivity index (χ1v) is 7.91. The number of rotatable bonds is 6. The van der Waals surface area contributed by atoms with Gasteiger partial charge in [-0.1, -0.05) is 24.6 Å². The number of nitrogens with zero attached hydrogens (tertiary/aromatic N) is 1. The van der Waals surface area contributed by atoms with Crippen molar-refractivity contribution in [2.45, 2.75) is 25.5 Å². The average molecular weight is 313 g/mol. The van der Waals surface area contributed by atoms with Crippen LogP contribution in [0.25, 0.3) is 0 Å². The van der Waals surface area contributed by atoms with Crippen LogP contribution in [0, 0.1) is 0 Å². The fraction of sp³-hybridized carbons (Fsp3) is 0.625. The van der Waals surface area contributed by atoms with E-state index in [0.717, 1.165) is 49.0 Å². The zero-order chi connectivity index (χ0) is 15.2. The van der Waals surface area contributed by atoms with Gasteiger partial charge in [-0.15, -0.1) is 0 Å². The summed E-state index contributed by atoms with van der Waals surface area (Å²) in [5.74, 6) is 0.824. The molecule has 0 amide bonds. The van der Waals surface area contributed by atoms with Gasteiger partial charge >= 0.3 is 0 Å². The van der Waals surface area contributed by atoms with Crippen LogP contribution in [-0.4, -0.2) is 51.4 Å². The summed E-state index contributed by atoms with van der Waals surface area (Å²) < 4.78 is 11.5. The van der Waals surface area contributed by atoms with Gasteiger partial charge in [0.15, 0.2) is 0 Å². The van der Waals surface area contributed by atoms with E-state index in [4.69, 9.17) is 21.1 Å². The molecule has 0 bridgehead atoms. The summed E-state index contributed by atoms with van der Waals surface area (Å²) >= 11 is 6.45. The first kappa shape index (κ1) is 16.6. The van der Waals surface area contributed by atoms with E-state index >= 15 is 0 Å². The fourth-order valence-electron chi connectivity index (χ4n) is 2.84. The molecule has 5 heteroatoms. The van der Waals surface area contributed by atoms with Gasteiger partial charge in [0.2, 0.25) is 0 Å². The molecular formula is C16H25ClN2O2. The summed E-state index contributed by atoms with van der Waals surface area (Å²) in [6.07, 6.45) is 1.19. The molecule has 1 aromatic rings. The number of morpholine rings is 1. The quantitative estimate of drug-likeness (QED) is 0.819. The predicted octanol–water partition coefficient (Wildman–Crippen LogP) is 2.72. The highest BCUT2D eigenvalue weighted by molar-refractivity contribution is 6.31. The van der Waals surface area contributed by atoms with E-state index in [-0.39, 0.29) is 12.1 Å².